The molecule has 5 N–H and O–H groups in total. The van der Waals surface area contributed by atoms with E-state index in [4.69, 9.17) is 20.1 Å². The Hall–Kier alpha value is -3.03. The number of fused-ring (bicyclic) bond motifs is 3. The van der Waals surface area contributed by atoms with Gasteiger partial charge < -0.3 is 29.8 Å². The summed E-state index contributed by atoms with van der Waals surface area (Å²) in [5.74, 6) is -2.20. The Balaban J connectivity index is 2.14. The van der Waals surface area contributed by atoms with E-state index in [2.05, 4.69) is 0 Å². The van der Waals surface area contributed by atoms with E-state index in [-0.39, 0.29) is 27.5 Å². The summed E-state index contributed by atoms with van der Waals surface area (Å²) in [5, 5.41) is 50.2. The molecule has 4 rings (SSSR count). The molecule has 27 heavy (non-hydrogen) atoms. The average Bonchev–Trinajstić information content (AvgIpc) is 3.04. The van der Waals surface area contributed by atoms with Crippen LogP contribution in [0.3, 0.4) is 0 Å². The Labute approximate surface area is 156 Å². The topological polar surface area (TPSA) is 114 Å². The molecule has 0 bridgehead atoms. The molecule has 0 aliphatic carbocycles. The first-order valence-electron chi connectivity index (χ1n) is 7.95. The molecule has 0 atom stereocenters. The lowest BCUT2D eigenvalue weighted by Gasteiger charge is -2.16. The summed E-state index contributed by atoms with van der Waals surface area (Å²) in [7, 11) is 10.1. The maximum atomic E-state index is 10.00. The molecule has 0 saturated carbocycles. The predicted molar refractivity (Wildman–Crippen MR) is 105 cm³/mol. The first kappa shape index (κ1) is 17.4. The highest BCUT2D eigenvalue weighted by atomic mass is 16.4. The number of hydrogen-bond acceptors (Lipinski definition) is 6. The number of para-hydroxylation sites is 2. The highest BCUT2D eigenvalue weighted by molar-refractivity contribution is 6.61. The molecule has 4 radical (unpaired) electrons. The summed E-state index contributed by atoms with van der Waals surface area (Å²) >= 11 is 0. The molecule has 0 spiro atoms. The molecule has 0 aliphatic heterocycles. The van der Waals surface area contributed by atoms with Gasteiger partial charge in [-0.1, -0.05) is 36.4 Å². The molecule has 0 unspecified atom stereocenters. The fraction of sp³-hybridized carbons (Fsp3) is 0. The lowest BCUT2D eigenvalue weighted by molar-refractivity contribution is 0.372. The smallest absolute Gasteiger partial charge is 0.492 e. The van der Waals surface area contributed by atoms with Gasteiger partial charge in [-0.25, -0.2) is 0 Å². The molecule has 128 valence electrons. The molecule has 1 heterocycles. The normalized spacial score (nSPS) is 11.3. The largest absolute Gasteiger partial charge is 0.505 e. The van der Waals surface area contributed by atoms with Gasteiger partial charge in [0.1, 0.15) is 26.9 Å². The zero-order chi connectivity index (χ0) is 19.5. The molecule has 0 fully saturated rings. The second-order valence-electron chi connectivity index (χ2n) is 6.13. The van der Waals surface area contributed by atoms with Crippen molar-refractivity contribution in [2.24, 2.45) is 0 Å². The van der Waals surface area contributed by atoms with Crippen molar-refractivity contribution in [2.75, 3.05) is 0 Å². The lowest BCUT2D eigenvalue weighted by atomic mass is 9.76. The van der Waals surface area contributed by atoms with Gasteiger partial charge in [0.25, 0.3) is 0 Å². The van der Waals surface area contributed by atoms with E-state index < -0.39 is 24.4 Å². The van der Waals surface area contributed by atoms with E-state index in [0.29, 0.717) is 21.9 Å². The molecular formula is C18H11B3O6. The first-order valence-corrected chi connectivity index (χ1v) is 7.95. The van der Waals surface area contributed by atoms with Crippen molar-refractivity contribution in [2.45, 2.75) is 0 Å². The Morgan fingerprint density at radius 3 is 1.89 bits per heavy atom. The maximum absolute atomic E-state index is 10.00. The van der Waals surface area contributed by atoms with Crippen molar-refractivity contribution in [1.82, 2.24) is 0 Å². The third-order valence-electron chi connectivity index (χ3n) is 4.60. The van der Waals surface area contributed by atoms with Gasteiger partial charge >= 0.3 is 7.12 Å². The maximum Gasteiger partial charge on any atom is 0.492 e. The van der Waals surface area contributed by atoms with E-state index in [9.17, 15) is 25.4 Å². The van der Waals surface area contributed by atoms with Crippen LogP contribution in [0.2, 0.25) is 0 Å². The summed E-state index contributed by atoms with van der Waals surface area (Å²) in [5.41, 5.74) is 0.798. The van der Waals surface area contributed by atoms with Crippen molar-refractivity contribution in [1.29, 1.82) is 0 Å². The minimum Gasteiger partial charge on any atom is -0.505 e. The number of benzene rings is 3. The molecule has 4 aromatic rings. The van der Waals surface area contributed by atoms with Crippen LogP contribution in [0.5, 0.6) is 17.2 Å². The van der Waals surface area contributed by atoms with Gasteiger partial charge in [-0.15, -0.1) is 0 Å². The molecule has 0 aliphatic rings. The molecule has 1 aromatic heterocycles. The molecule has 9 heteroatoms. The van der Waals surface area contributed by atoms with Crippen LogP contribution < -0.4 is 16.4 Å². The second-order valence-corrected chi connectivity index (χ2v) is 6.13. The van der Waals surface area contributed by atoms with Gasteiger partial charge in [-0.2, -0.15) is 0 Å². The molecule has 3 aromatic carbocycles. The average molecular weight is 356 g/mol. The Bertz CT molecular complexity index is 1190. The van der Waals surface area contributed by atoms with Gasteiger partial charge in [-0.3, -0.25) is 0 Å². The van der Waals surface area contributed by atoms with Crippen molar-refractivity contribution < 1.29 is 29.8 Å². The van der Waals surface area contributed by atoms with Gasteiger partial charge in [0.05, 0.1) is 0 Å². The summed E-state index contributed by atoms with van der Waals surface area (Å²) in [6.07, 6.45) is 0. The van der Waals surface area contributed by atoms with Crippen molar-refractivity contribution >= 4 is 61.1 Å². The number of rotatable bonds is 2. The fourth-order valence-electron chi connectivity index (χ4n) is 3.28. The second kappa shape index (κ2) is 6.01. The minimum absolute atomic E-state index is 0.0959. The van der Waals surface area contributed by atoms with Crippen molar-refractivity contribution in [3.63, 3.8) is 0 Å². The standard InChI is InChI=1S/C18H11B3O6/c19-12-11(13(20)15(23)16(24)14(12)22)9-5-1-3-7-8-4-2-6-10(21(25)26)18(8)27-17(7)9/h1-6,22-26H. The van der Waals surface area contributed by atoms with Gasteiger partial charge in [0, 0.05) is 21.8 Å². The van der Waals surface area contributed by atoms with Crippen LogP contribution in [0, 0.1) is 0 Å². The van der Waals surface area contributed by atoms with Crippen LogP contribution in [-0.2, 0) is 0 Å². The summed E-state index contributed by atoms with van der Waals surface area (Å²) < 4.78 is 5.89. The highest BCUT2D eigenvalue weighted by Crippen LogP contribution is 2.38. The minimum atomic E-state index is -1.73. The van der Waals surface area contributed by atoms with Gasteiger partial charge in [0.15, 0.2) is 17.2 Å². The van der Waals surface area contributed by atoms with Crippen LogP contribution in [-0.4, -0.2) is 48.2 Å². The van der Waals surface area contributed by atoms with E-state index in [1.807, 2.05) is 0 Å². The van der Waals surface area contributed by atoms with Crippen LogP contribution in [0.1, 0.15) is 0 Å². The van der Waals surface area contributed by atoms with Gasteiger partial charge in [-0.05, 0) is 16.5 Å². The Kier molecular flexibility index (Phi) is 3.87. The van der Waals surface area contributed by atoms with E-state index in [1.165, 1.54) is 6.07 Å². The van der Waals surface area contributed by atoms with Crippen LogP contribution in [0.15, 0.2) is 40.8 Å². The van der Waals surface area contributed by atoms with Crippen LogP contribution in [0.4, 0.5) is 0 Å². The monoisotopic (exact) mass is 356 g/mol. The van der Waals surface area contributed by atoms with E-state index >= 15 is 0 Å². The third kappa shape index (κ3) is 2.39. The summed E-state index contributed by atoms with van der Waals surface area (Å²) in [6, 6.07) is 10.0. The van der Waals surface area contributed by atoms with E-state index in [0.717, 1.165) is 0 Å². The Morgan fingerprint density at radius 1 is 0.741 bits per heavy atom. The van der Waals surface area contributed by atoms with E-state index in [1.54, 1.807) is 30.3 Å². The number of phenols is 3. The predicted octanol–water partition coefficient (Wildman–Crippen LogP) is -0.363. The summed E-state index contributed by atoms with van der Waals surface area (Å²) in [6.45, 7) is 0. The quantitative estimate of drug-likeness (QED) is 0.248. The molecule has 6 nitrogen and oxygen atoms in total. The fourth-order valence-corrected chi connectivity index (χ4v) is 3.28. The van der Waals surface area contributed by atoms with Crippen LogP contribution in [0.25, 0.3) is 33.1 Å². The highest BCUT2D eigenvalue weighted by Gasteiger charge is 2.23. The van der Waals surface area contributed by atoms with Crippen molar-refractivity contribution in [3.8, 4) is 28.4 Å². The zero-order valence-corrected chi connectivity index (χ0v) is 13.8. The number of aromatic hydroxyl groups is 3. The van der Waals surface area contributed by atoms with Crippen molar-refractivity contribution in [3.05, 3.63) is 36.4 Å². The van der Waals surface area contributed by atoms with Gasteiger partial charge in [0.2, 0.25) is 0 Å². The number of hydrogen-bond donors (Lipinski definition) is 5. The molecular weight excluding hydrogens is 345 g/mol. The zero-order valence-electron chi connectivity index (χ0n) is 13.8. The SMILES string of the molecule is [B]c1c(O)c(O)c(O)c([B])c1-c1cccc2c1oc1c(B(O)O)cccc12. The van der Waals surface area contributed by atoms with Crippen LogP contribution >= 0.6 is 0 Å². The first-order chi connectivity index (χ1) is 12.8. The third-order valence-corrected chi connectivity index (χ3v) is 4.60. The summed E-state index contributed by atoms with van der Waals surface area (Å²) in [4.78, 5) is 0. The lowest BCUT2D eigenvalue weighted by Crippen LogP contribution is -2.29. The molecule has 0 saturated heterocycles. The Morgan fingerprint density at radius 2 is 1.30 bits per heavy atom. The number of furan rings is 1. The number of phenolic OH excluding ortho intramolecular Hbond substituents is 3. The molecule has 0 amide bonds.